The molecule has 0 fully saturated rings. The minimum Gasteiger partial charge on any atom is -0.396 e. The highest BCUT2D eigenvalue weighted by Crippen LogP contribution is 1.97. The summed E-state index contributed by atoms with van der Waals surface area (Å²) in [6, 6.07) is -0.163. The predicted octanol–water partition coefficient (Wildman–Crippen LogP) is 0.127. The molecule has 0 rings (SSSR count). The second-order valence-electron chi connectivity index (χ2n) is 2.79. The lowest BCUT2D eigenvalue weighted by atomic mass is 10.2. The Bertz CT molecular complexity index is 146. The van der Waals surface area contributed by atoms with E-state index in [1.165, 1.54) is 0 Å². The van der Waals surface area contributed by atoms with Gasteiger partial charge in [0.2, 0.25) is 5.91 Å². The fourth-order valence-electron chi connectivity index (χ4n) is 0.870. The van der Waals surface area contributed by atoms with E-state index in [-0.39, 0.29) is 18.6 Å². The number of alkyl halides is 1. The molecule has 0 saturated heterocycles. The predicted molar refractivity (Wildman–Crippen MR) is 50.8 cm³/mol. The maximum Gasteiger partial charge on any atom is 0.238 e. The van der Waals surface area contributed by atoms with E-state index in [1.54, 1.807) is 14.0 Å². The average Bonchev–Trinajstić information content (AvgIpc) is 2.05. The van der Waals surface area contributed by atoms with Crippen LogP contribution in [0.1, 0.15) is 13.3 Å². The number of carbonyl (C=O) groups is 1. The second kappa shape index (κ2) is 7.12. The van der Waals surface area contributed by atoms with Crippen LogP contribution in [-0.2, 0) is 9.53 Å². The Morgan fingerprint density at radius 3 is 2.69 bits per heavy atom. The van der Waals surface area contributed by atoms with Gasteiger partial charge in [-0.1, -0.05) is 0 Å². The van der Waals surface area contributed by atoms with Gasteiger partial charge in [-0.05, 0) is 13.3 Å². The molecule has 4 nitrogen and oxygen atoms in total. The molecular weight excluding hydrogens is 194 g/mol. The third-order valence-electron chi connectivity index (χ3n) is 1.55. The summed E-state index contributed by atoms with van der Waals surface area (Å²) in [5.41, 5.74) is 0. The zero-order valence-electron chi connectivity index (χ0n) is 7.92. The van der Waals surface area contributed by atoms with E-state index in [0.29, 0.717) is 13.0 Å². The smallest absolute Gasteiger partial charge is 0.238 e. The Balaban J connectivity index is 3.86. The highest BCUT2D eigenvalue weighted by Gasteiger charge is 2.14. The summed E-state index contributed by atoms with van der Waals surface area (Å²) in [5, 5.41) is 10.8. The number of amides is 1. The number of aliphatic hydroxyl groups is 1. The van der Waals surface area contributed by atoms with Crippen molar-refractivity contribution >= 4 is 17.5 Å². The Kier molecular flexibility index (Phi) is 6.94. The summed E-state index contributed by atoms with van der Waals surface area (Å²) < 4.78 is 4.87. The van der Waals surface area contributed by atoms with Crippen LogP contribution < -0.4 is 5.32 Å². The SMILES string of the molecule is COCC(CCO)NC(=O)C(C)Cl. The molecule has 5 heteroatoms. The van der Waals surface area contributed by atoms with E-state index in [1.807, 2.05) is 0 Å². The molecule has 0 aliphatic rings. The number of nitrogens with one attached hydrogen (secondary N) is 1. The molecule has 13 heavy (non-hydrogen) atoms. The van der Waals surface area contributed by atoms with Crippen molar-refractivity contribution in [2.24, 2.45) is 0 Å². The highest BCUT2D eigenvalue weighted by molar-refractivity contribution is 6.30. The Labute approximate surface area is 83.2 Å². The number of rotatable bonds is 6. The number of ether oxygens (including phenoxy) is 1. The number of halogens is 1. The summed E-state index contributed by atoms with van der Waals surface area (Å²) in [6.07, 6.45) is 0.475. The molecule has 0 aliphatic heterocycles. The molecule has 78 valence electrons. The van der Waals surface area contributed by atoms with E-state index < -0.39 is 5.38 Å². The van der Waals surface area contributed by atoms with Crippen molar-refractivity contribution in [3.8, 4) is 0 Å². The first-order chi connectivity index (χ1) is 6.11. The van der Waals surface area contributed by atoms with Gasteiger partial charge in [0.25, 0.3) is 0 Å². The molecule has 2 atom stereocenters. The van der Waals surface area contributed by atoms with Gasteiger partial charge in [-0.25, -0.2) is 0 Å². The van der Waals surface area contributed by atoms with Gasteiger partial charge in [0.1, 0.15) is 5.38 Å². The van der Waals surface area contributed by atoms with Gasteiger partial charge in [0.05, 0.1) is 12.6 Å². The van der Waals surface area contributed by atoms with Crippen LogP contribution in [0, 0.1) is 0 Å². The molecule has 2 unspecified atom stereocenters. The summed E-state index contributed by atoms with van der Waals surface area (Å²) >= 11 is 5.56. The van der Waals surface area contributed by atoms with Crippen molar-refractivity contribution in [2.45, 2.75) is 24.8 Å². The summed E-state index contributed by atoms with van der Waals surface area (Å²) in [4.78, 5) is 11.1. The first kappa shape index (κ1) is 12.7. The van der Waals surface area contributed by atoms with Gasteiger partial charge in [0.15, 0.2) is 0 Å². The highest BCUT2D eigenvalue weighted by atomic mass is 35.5. The molecular formula is C8H16ClNO3. The van der Waals surface area contributed by atoms with Gasteiger partial charge >= 0.3 is 0 Å². The first-order valence-electron chi connectivity index (χ1n) is 4.16. The molecule has 0 spiro atoms. The lowest BCUT2D eigenvalue weighted by Gasteiger charge is -2.17. The fourth-order valence-corrected chi connectivity index (χ4v) is 0.933. The molecule has 2 N–H and O–H groups in total. The lowest BCUT2D eigenvalue weighted by Crippen LogP contribution is -2.41. The monoisotopic (exact) mass is 209 g/mol. The van der Waals surface area contributed by atoms with Crippen LogP contribution in [0.25, 0.3) is 0 Å². The third kappa shape index (κ3) is 5.85. The molecule has 0 aromatic carbocycles. The Hall–Kier alpha value is -0.320. The van der Waals surface area contributed by atoms with Crippen molar-refractivity contribution < 1.29 is 14.6 Å². The molecule has 0 aromatic heterocycles. The van der Waals surface area contributed by atoms with Gasteiger partial charge in [-0.3, -0.25) is 4.79 Å². The fraction of sp³-hybridized carbons (Fsp3) is 0.875. The second-order valence-corrected chi connectivity index (χ2v) is 3.44. The molecule has 0 aliphatic carbocycles. The number of methoxy groups -OCH3 is 1. The van der Waals surface area contributed by atoms with Crippen molar-refractivity contribution in [1.29, 1.82) is 0 Å². The third-order valence-corrected chi connectivity index (χ3v) is 1.75. The van der Waals surface area contributed by atoms with E-state index in [0.717, 1.165) is 0 Å². The molecule has 0 bridgehead atoms. The maximum absolute atomic E-state index is 11.1. The van der Waals surface area contributed by atoms with Crippen LogP contribution in [0.4, 0.5) is 0 Å². The molecule has 0 aromatic rings. The molecule has 0 radical (unpaired) electrons. The van der Waals surface area contributed by atoms with Crippen LogP contribution >= 0.6 is 11.6 Å². The average molecular weight is 210 g/mol. The van der Waals surface area contributed by atoms with Crippen molar-refractivity contribution in [3.05, 3.63) is 0 Å². The number of aliphatic hydroxyl groups excluding tert-OH is 1. The topological polar surface area (TPSA) is 58.6 Å². The number of hydrogen-bond acceptors (Lipinski definition) is 3. The molecule has 0 saturated carbocycles. The molecule has 1 amide bonds. The minimum atomic E-state index is -0.557. The zero-order chi connectivity index (χ0) is 10.3. The van der Waals surface area contributed by atoms with Gasteiger partial charge in [-0.2, -0.15) is 0 Å². The standard InChI is InChI=1S/C8H16ClNO3/c1-6(9)8(12)10-7(3-4-11)5-13-2/h6-7,11H,3-5H2,1-2H3,(H,10,12). The van der Waals surface area contributed by atoms with Crippen molar-refractivity contribution in [1.82, 2.24) is 5.32 Å². The van der Waals surface area contributed by atoms with Gasteiger partial charge in [-0.15, -0.1) is 11.6 Å². The first-order valence-corrected chi connectivity index (χ1v) is 4.59. The Morgan fingerprint density at radius 2 is 2.31 bits per heavy atom. The van der Waals surface area contributed by atoms with Crippen LogP contribution in [0.15, 0.2) is 0 Å². The van der Waals surface area contributed by atoms with E-state index >= 15 is 0 Å². The van der Waals surface area contributed by atoms with E-state index in [4.69, 9.17) is 21.4 Å². The zero-order valence-corrected chi connectivity index (χ0v) is 8.67. The summed E-state index contributed by atoms with van der Waals surface area (Å²) in [5.74, 6) is -0.239. The number of carbonyl (C=O) groups excluding carboxylic acids is 1. The minimum absolute atomic E-state index is 0.0188. The van der Waals surface area contributed by atoms with E-state index in [9.17, 15) is 4.79 Å². The largest absolute Gasteiger partial charge is 0.396 e. The van der Waals surface area contributed by atoms with Crippen LogP contribution in [0.2, 0.25) is 0 Å². The lowest BCUT2D eigenvalue weighted by molar-refractivity contribution is -0.121. The summed E-state index contributed by atoms with van der Waals surface area (Å²) in [7, 11) is 1.54. The van der Waals surface area contributed by atoms with Crippen molar-refractivity contribution in [2.75, 3.05) is 20.3 Å². The van der Waals surface area contributed by atoms with Gasteiger partial charge < -0.3 is 15.2 Å². The quantitative estimate of drug-likeness (QED) is 0.612. The van der Waals surface area contributed by atoms with Crippen LogP contribution in [-0.4, -0.2) is 42.8 Å². The summed E-state index contributed by atoms with van der Waals surface area (Å²) in [6.45, 7) is 2.00. The Morgan fingerprint density at radius 1 is 1.69 bits per heavy atom. The molecule has 0 heterocycles. The van der Waals surface area contributed by atoms with Crippen LogP contribution in [0.3, 0.4) is 0 Å². The normalized spacial score (nSPS) is 15.1. The van der Waals surface area contributed by atoms with Gasteiger partial charge in [0, 0.05) is 13.7 Å². The number of hydrogen-bond donors (Lipinski definition) is 2. The van der Waals surface area contributed by atoms with Crippen LogP contribution in [0.5, 0.6) is 0 Å². The maximum atomic E-state index is 11.1. The van der Waals surface area contributed by atoms with Crippen molar-refractivity contribution in [3.63, 3.8) is 0 Å². The van der Waals surface area contributed by atoms with E-state index in [2.05, 4.69) is 5.32 Å².